The van der Waals surface area contributed by atoms with E-state index in [0.29, 0.717) is 5.56 Å². The lowest BCUT2D eigenvalue weighted by Crippen LogP contribution is -1.95. The highest BCUT2D eigenvalue weighted by Crippen LogP contribution is 2.17. The van der Waals surface area contributed by atoms with E-state index in [4.69, 9.17) is 0 Å². The summed E-state index contributed by atoms with van der Waals surface area (Å²) in [5.41, 5.74) is 1.62. The maximum Gasteiger partial charge on any atom is 0.188 e. The Labute approximate surface area is 110 Å². The van der Waals surface area contributed by atoms with Crippen LogP contribution in [0.25, 0.3) is 5.83 Å². The first-order chi connectivity index (χ1) is 9.06. The SMILES string of the molecule is Cc1ccc(/C(F)=C/C(=O)c2ccc(F)cc2)cc1. The monoisotopic (exact) mass is 258 g/mol. The molecule has 0 heterocycles. The van der Waals surface area contributed by atoms with Crippen molar-refractivity contribution in [1.29, 1.82) is 0 Å². The summed E-state index contributed by atoms with van der Waals surface area (Å²) < 4.78 is 26.6. The van der Waals surface area contributed by atoms with Crippen molar-refractivity contribution in [2.75, 3.05) is 0 Å². The number of allylic oxidation sites excluding steroid dienone is 1. The summed E-state index contributed by atoms with van der Waals surface area (Å²) in [5, 5.41) is 0. The Kier molecular flexibility index (Phi) is 3.85. The second kappa shape index (κ2) is 5.57. The molecule has 0 spiro atoms. The van der Waals surface area contributed by atoms with E-state index in [-0.39, 0.29) is 5.56 Å². The molecule has 0 aromatic heterocycles. The lowest BCUT2D eigenvalue weighted by Gasteiger charge is -1.99. The van der Waals surface area contributed by atoms with E-state index >= 15 is 0 Å². The van der Waals surface area contributed by atoms with Crippen LogP contribution in [0, 0.1) is 12.7 Å². The van der Waals surface area contributed by atoms with Crippen molar-refractivity contribution >= 4 is 11.6 Å². The Morgan fingerprint density at radius 1 is 0.947 bits per heavy atom. The van der Waals surface area contributed by atoms with Gasteiger partial charge in [0, 0.05) is 17.2 Å². The molecule has 96 valence electrons. The van der Waals surface area contributed by atoms with Crippen molar-refractivity contribution < 1.29 is 13.6 Å². The van der Waals surface area contributed by atoms with Crippen LogP contribution in [-0.2, 0) is 0 Å². The lowest BCUT2D eigenvalue weighted by molar-refractivity contribution is 0.104. The van der Waals surface area contributed by atoms with Crippen LogP contribution in [0.15, 0.2) is 54.6 Å². The molecule has 0 aliphatic rings. The summed E-state index contributed by atoms with van der Waals surface area (Å²) in [6, 6.07) is 11.8. The number of carbonyl (C=O) groups is 1. The third-order valence-corrected chi connectivity index (χ3v) is 2.71. The normalized spacial score (nSPS) is 11.4. The fourth-order valence-corrected chi connectivity index (χ4v) is 1.61. The zero-order valence-corrected chi connectivity index (χ0v) is 10.4. The molecule has 3 heteroatoms. The van der Waals surface area contributed by atoms with Crippen LogP contribution < -0.4 is 0 Å². The molecule has 0 aliphatic carbocycles. The first-order valence-electron chi connectivity index (χ1n) is 5.80. The standard InChI is InChI=1S/C16H12F2O/c1-11-2-4-12(5-3-11)15(18)10-16(19)13-6-8-14(17)9-7-13/h2-10H,1H3/b15-10-. The van der Waals surface area contributed by atoms with Crippen molar-refractivity contribution in [1.82, 2.24) is 0 Å². The fourth-order valence-electron chi connectivity index (χ4n) is 1.61. The largest absolute Gasteiger partial charge is 0.289 e. The molecular formula is C16H12F2O. The lowest BCUT2D eigenvalue weighted by atomic mass is 10.1. The number of hydrogen-bond acceptors (Lipinski definition) is 1. The van der Waals surface area contributed by atoms with Gasteiger partial charge in [-0.05, 0) is 31.2 Å². The van der Waals surface area contributed by atoms with Gasteiger partial charge in [-0.2, -0.15) is 0 Å². The highest BCUT2D eigenvalue weighted by Gasteiger charge is 2.06. The van der Waals surface area contributed by atoms with Gasteiger partial charge < -0.3 is 0 Å². The number of carbonyl (C=O) groups excluding carboxylic acids is 1. The van der Waals surface area contributed by atoms with Gasteiger partial charge in [-0.1, -0.05) is 29.8 Å². The van der Waals surface area contributed by atoms with E-state index in [2.05, 4.69) is 0 Å². The van der Waals surface area contributed by atoms with Crippen molar-refractivity contribution in [3.63, 3.8) is 0 Å². The summed E-state index contributed by atoms with van der Waals surface area (Å²) in [7, 11) is 0. The van der Waals surface area contributed by atoms with Gasteiger partial charge in [0.05, 0.1) is 0 Å². The fraction of sp³-hybridized carbons (Fsp3) is 0.0625. The van der Waals surface area contributed by atoms with Crippen LogP contribution in [0.1, 0.15) is 21.5 Å². The average Bonchev–Trinajstić information content (AvgIpc) is 2.40. The van der Waals surface area contributed by atoms with Crippen LogP contribution >= 0.6 is 0 Å². The zero-order chi connectivity index (χ0) is 13.8. The number of benzene rings is 2. The molecule has 0 saturated carbocycles. The summed E-state index contributed by atoms with van der Waals surface area (Å²) >= 11 is 0. The molecule has 0 amide bonds. The molecule has 2 aromatic carbocycles. The number of hydrogen-bond donors (Lipinski definition) is 0. The highest BCUT2D eigenvalue weighted by molar-refractivity contribution is 6.07. The predicted octanol–water partition coefficient (Wildman–Crippen LogP) is 4.33. The molecule has 2 aromatic rings. The number of rotatable bonds is 3. The number of ketones is 1. The minimum Gasteiger partial charge on any atom is -0.289 e. The van der Waals surface area contributed by atoms with E-state index in [1.165, 1.54) is 24.3 Å². The van der Waals surface area contributed by atoms with Crippen LogP contribution in [0.3, 0.4) is 0 Å². The Hall–Kier alpha value is -2.29. The molecular weight excluding hydrogens is 246 g/mol. The molecule has 1 nitrogen and oxygen atoms in total. The van der Waals surface area contributed by atoms with Gasteiger partial charge in [0.2, 0.25) is 0 Å². The van der Waals surface area contributed by atoms with Gasteiger partial charge in [0.25, 0.3) is 0 Å². The quantitative estimate of drug-likeness (QED) is 0.591. The van der Waals surface area contributed by atoms with Gasteiger partial charge >= 0.3 is 0 Å². The summed E-state index contributed by atoms with van der Waals surface area (Å²) in [5.74, 6) is -1.52. The van der Waals surface area contributed by atoms with Crippen molar-refractivity contribution in [2.24, 2.45) is 0 Å². The molecule has 0 fully saturated rings. The Balaban J connectivity index is 2.22. The van der Waals surface area contributed by atoms with E-state index in [1.54, 1.807) is 24.3 Å². The van der Waals surface area contributed by atoms with E-state index in [9.17, 15) is 13.6 Å². The third kappa shape index (κ3) is 3.35. The van der Waals surface area contributed by atoms with E-state index < -0.39 is 17.4 Å². The van der Waals surface area contributed by atoms with E-state index in [1.807, 2.05) is 6.92 Å². The summed E-state index contributed by atoms with van der Waals surface area (Å²) in [6.45, 7) is 1.90. The maximum absolute atomic E-state index is 13.8. The minimum atomic E-state index is -0.602. The van der Waals surface area contributed by atoms with Gasteiger partial charge in [0.1, 0.15) is 11.6 Å². The smallest absolute Gasteiger partial charge is 0.188 e. The topological polar surface area (TPSA) is 17.1 Å². The van der Waals surface area contributed by atoms with Crippen molar-refractivity contribution in [3.05, 3.63) is 77.1 Å². The first kappa shape index (κ1) is 13.1. The van der Waals surface area contributed by atoms with Crippen LogP contribution in [0.5, 0.6) is 0 Å². The van der Waals surface area contributed by atoms with Crippen LogP contribution in [-0.4, -0.2) is 5.78 Å². The second-order valence-electron chi connectivity index (χ2n) is 4.23. The molecule has 2 rings (SSSR count). The third-order valence-electron chi connectivity index (χ3n) is 2.71. The predicted molar refractivity (Wildman–Crippen MR) is 71.0 cm³/mol. The Morgan fingerprint density at radius 2 is 1.47 bits per heavy atom. The summed E-state index contributed by atoms with van der Waals surface area (Å²) in [4.78, 5) is 11.8. The van der Waals surface area contributed by atoms with Gasteiger partial charge in [-0.25, -0.2) is 8.78 Å². The summed E-state index contributed by atoms with van der Waals surface area (Å²) in [6.07, 6.45) is 0.915. The molecule has 0 saturated heterocycles. The second-order valence-corrected chi connectivity index (χ2v) is 4.23. The molecule has 0 N–H and O–H groups in total. The van der Waals surface area contributed by atoms with Crippen molar-refractivity contribution in [3.8, 4) is 0 Å². The molecule has 0 atom stereocenters. The highest BCUT2D eigenvalue weighted by atomic mass is 19.1. The van der Waals surface area contributed by atoms with Gasteiger partial charge in [-0.3, -0.25) is 4.79 Å². The van der Waals surface area contributed by atoms with Gasteiger partial charge in [-0.15, -0.1) is 0 Å². The Bertz CT molecular complexity index is 610. The molecule has 19 heavy (non-hydrogen) atoms. The molecule has 0 radical (unpaired) electrons. The average molecular weight is 258 g/mol. The maximum atomic E-state index is 13.8. The number of halogens is 2. The molecule has 0 unspecified atom stereocenters. The Morgan fingerprint density at radius 3 is 2.05 bits per heavy atom. The molecule has 0 aliphatic heterocycles. The molecule has 0 bridgehead atoms. The minimum absolute atomic E-state index is 0.253. The van der Waals surface area contributed by atoms with Crippen LogP contribution in [0.2, 0.25) is 0 Å². The first-order valence-corrected chi connectivity index (χ1v) is 5.80. The van der Waals surface area contributed by atoms with E-state index in [0.717, 1.165) is 11.6 Å². The number of aryl methyl sites for hydroxylation is 1. The zero-order valence-electron chi connectivity index (χ0n) is 10.4. The van der Waals surface area contributed by atoms with Crippen molar-refractivity contribution in [2.45, 2.75) is 6.92 Å². The van der Waals surface area contributed by atoms with Gasteiger partial charge in [0.15, 0.2) is 5.78 Å². The van der Waals surface area contributed by atoms with Crippen LogP contribution in [0.4, 0.5) is 8.78 Å².